The van der Waals surface area contributed by atoms with Gasteiger partial charge in [-0.15, -0.1) is 10.2 Å². The Kier molecular flexibility index (Phi) is 4.29. The van der Waals surface area contributed by atoms with E-state index in [1.807, 2.05) is 0 Å². The van der Waals surface area contributed by atoms with Crippen LogP contribution in [0, 0.1) is 18.6 Å². The molecule has 1 aromatic heterocycles. The van der Waals surface area contributed by atoms with Gasteiger partial charge in [0.2, 0.25) is 0 Å². The molecular weight excluding hydrogens is 356 g/mol. The average Bonchev–Trinajstić information content (AvgIpc) is 3.05. The monoisotopic (exact) mass is 367 g/mol. The second-order valence-corrected chi connectivity index (χ2v) is 7.44. The number of benzene rings is 2. The van der Waals surface area contributed by atoms with Crippen LogP contribution in [0.5, 0.6) is 0 Å². The molecule has 0 saturated carbocycles. The summed E-state index contributed by atoms with van der Waals surface area (Å²) in [5, 5.41) is 8.34. The molecule has 124 valence electrons. The molecule has 0 fully saturated rings. The topological polar surface area (TPSA) is 72.0 Å². The predicted octanol–water partition coefficient (Wildman–Crippen LogP) is 3.59. The number of rotatable bonds is 4. The molecule has 1 heterocycles. The Hall–Kier alpha value is -2.39. The van der Waals surface area contributed by atoms with E-state index < -0.39 is 26.6 Å². The lowest BCUT2D eigenvalue weighted by molar-refractivity contribution is 0.547. The predicted molar refractivity (Wildman–Crippen MR) is 87.2 cm³/mol. The summed E-state index contributed by atoms with van der Waals surface area (Å²) in [5.74, 6) is -1.94. The van der Waals surface area contributed by atoms with Crippen LogP contribution in [-0.2, 0) is 10.0 Å². The lowest BCUT2D eigenvalue weighted by Gasteiger charge is -2.10. The van der Waals surface area contributed by atoms with Crippen LogP contribution in [0.15, 0.2) is 46.8 Å². The number of hydrogen-bond acceptors (Lipinski definition) is 5. The number of aromatic nitrogens is 2. The second-order valence-electron chi connectivity index (χ2n) is 4.96. The zero-order valence-electron chi connectivity index (χ0n) is 12.3. The molecule has 0 amide bonds. The highest BCUT2D eigenvalue weighted by Gasteiger charge is 2.21. The maximum Gasteiger partial charge on any atom is 0.264 e. The SMILES string of the molecule is Cc1cc(S(=O)(=O)Nc2ccc(-c3nncs3)cc2)c(F)cc1F. The van der Waals surface area contributed by atoms with E-state index in [1.165, 1.54) is 30.4 Å². The fourth-order valence-electron chi connectivity index (χ4n) is 2.03. The first-order chi connectivity index (χ1) is 11.4. The van der Waals surface area contributed by atoms with E-state index in [1.54, 1.807) is 17.6 Å². The third-order valence-corrected chi connectivity index (χ3v) is 5.38. The van der Waals surface area contributed by atoms with Gasteiger partial charge in [0.1, 0.15) is 27.0 Å². The normalized spacial score (nSPS) is 11.5. The minimum Gasteiger partial charge on any atom is -0.280 e. The minimum absolute atomic E-state index is 0.0448. The number of aryl methyl sites for hydroxylation is 1. The molecule has 0 radical (unpaired) electrons. The maximum absolute atomic E-state index is 13.8. The van der Waals surface area contributed by atoms with Gasteiger partial charge in [-0.25, -0.2) is 17.2 Å². The highest BCUT2D eigenvalue weighted by atomic mass is 32.2. The van der Waals surface area contributed by atoms with E-state index in [4.69, 9.17) is 0 Å². The Bertz CT molecular complexity index is 973. The van der Waals surface area contributed by atoms with Crippen molar-refractivity contribution in [3.05, 3.63) is 59.1 Å². The Balaban J connectivity index is 1.88. The van der Waals surface area contributed by atoms with E-state index in [0.717, 1.165) is 11.6 Å². The molecule has 0 spiro atoms. The molecule has 5 nitrogen and oxygen atoms in total. The summed E-state index contributed by atoms with van der Waals surface area (Å²) < 4.78 is 54.0. The van der Waals surface area contributed by atoms with Crippen LogP contribution in [0.25, 0.3) is 10.6 Å². The molecule has 0 unspecified atom stereocenters. The largest absolute Gasteiger partial charge is 0.280 e. The first-order valence-electron chi connectivity index (χ1n) is 6.72. The van der Waals surface area contributed by atoms with Crippen molar-refractivity contribution in [3.63, 3.8) is 0 Å². The van der Waals surface area contributed by atoms with E-state index >= 15 is 0 Å². The van der Waals surface area contributed by atoms with Gasteiger partial charge in [-0.2, -0.15) is 0 Å². The van der Waals surface area contributed by atoms with Crippen molar-refractivity contribution in [1.82, 2.24) is 10.2 Å². The lowest BCUT2D eigenvalue weighted by atomic mass is 10.2. The first kappa shape index (κ1) is 16.5. The number of nitrogens with zero attached hydrogens (tertiary/aromatic N) is 2. The number of nitrogens with one attached hydrogen (secondary N) is 1. The number of halogens is 2. The van der Waals surface area contributed by atoms with Crippen molar-refractivity contribution < 1.29 is 17.2 Å². The molecule has 1 N–H and O–H groups in total. The molecule has 9 heteroatoms. The minimum atomic E-state index is -4.17. The molecule has 24 heavy (non-hydrogen) atoms. The fraction of sp³-hybridized carbons (Fsp3) is 0.0667. The number of hydrogen-bond donors (Lipinski definition) is 1. The van der Waals surface area contributed by atoms with Crippen molar-refractivity contribution in [2.45, 2.75) is 11.8 Å². The van der Waals surface area contributed by atoms with E-state index in [-0.39, 0.29) is 11.3 Å². The third kappa shape index (κ3) is 3.26. The Morgan fingerprint density at radius 2 is 1.79 bits per heavy atom. The van der Waals surface area contributed by atoms with E-state index in [0.29, 0.717) is 11.1 Å². The molecule has 2 aromatic carbocycles. The lowest BCUT2D eigenvalue weighted by Crippen LogP contribution is -2.15. The summed E-state index contributed by atoms with van der Waals surface area (Å²) in [4.78, 5) is -0.602. The smallest absolute Gasteiger partial charge is 0.264 e. The second kappa shape index (κ2) is 6.25. The summed E-state index contributed by atoms with van der Waals surface area (Å²) in [6.45, 7) is 1.37. The molecule has 0 bridgehead atoms. The van der Waals surface area contributed by atoms with Gasteiger partial charge in [0.25, 0.3) is 10.0 Å². The summed E-state index contributed by atoms with van der Waals surface area (Å²) >= 11 is 1.35. The van der Waals surface area contributed by atoms with Crippen LogP contribution in [0.3, 0.4) is 0 Å². The maximum atomic E-state index is 13.8. The highest BCUT2D eigenvalue weighted by Crippen LogP contribution is 2.25. The quantitative estimate of drug-likeness (QED) is 0.765. The van der Waals surface area contributed by atoms with Crippen molar-refractivity contribution in [2.75, 3.05) is 4.72 Å². The average molecular weight is 367 g/mol. The summed E-state index contributed by atoms with van der Waals surface area (Å²) in [6, 6.07) is 7.92. The molecule has 0 aliphatic rings. The third-order valence-electron chi connectivity index (χ3n) is 3.25. The van der Waals surface area contributed by atoms with Gasteiger partial charge in [0.05, 0.1) is 0 Å². The van der Waals surface area contributed by atoms with Gasteiger partial charge >= 0.3 is 0 Å². The summed E-state index contributed by atoms with van der Waals surface area (Å²) in [6.07, 6.45) is 0. The van der Waals surface area contributed by atoms with E-state index in [9.17, 15) is 17.2 Å². The molecule has 0 aliphatic carbocycles. The number of anilines is 1. The van der Waals surface area contributed by atoms with Crippen LogP contribution >= 0.6 is 11.3 Å². The zero-order valence-corrected chi connectivity index (χ0v) is 14.0. The molecular formula is C15H11F2N3O2S2. The summed E-state index contributed by atoms with van der Waals surface area (Å²) in [5.41, 5.74) is 2.67. The van der Waals surface area contributed by atoms with Crippen LogP contribution in [-0.4, -0.2) is 18.6 Å². The molecule has 0 aliphatic heterocycles. The van der Waals surface area contributed by atoms with Crippen molar-refractivity contribution in [1.29, 1.82) is 0 Å². The van der Waals surface area contributed by atoms with Gasteiger partial charge in [0.15, 0.2) is 0 Å². The summed E-state index contributed by atoms with van der Waals surface area (Å²) in [7, 11) is -4.17. The van der Waals surface area contributed by atoms with Crippen molar-refractivity contribution >= 4 is 27.0 Å². The van der Waals surface area contributed by atoms with Crippen molar-refractivity contribution in [3.8, 4) is 10.6 Å². The van der Waals surface area contributed by atoms with Crippen LogP contribution < -0.4 is 4.72 Å². The van der Waals surface area contributed by atoms with Crippen molar-refractivity contribution in [2.24, 2.45) is 0 Å². The number of sulfonamides is 1. The fourth-order valence-corrected chi connectivity index (χ4v) is 3.79. The van der Waals surface area contributed by atoms with Gasteiger partial charge in [-0.3, -0.25) is 4.72 Å². The molecule has 3 rings (SSSR count). The van der Waals surface area contributed by atoms with Gasteiger partial charge in [0, 0.05) is 17.3 Å². The van der Waals surface area contributed by atoms with Gasteiger partial charge in [-0.05, 0) is 42.8 Å². The Morgan fingerprint density at radius 1 is 1.08 bits per heavy atom. The van der Waals surface area contributed by atoms with Crippen LogP contribution in [0.4, 0.5) is 14.5 Å². The van der Waals surface area contributed by atoms with Gasteiger partial charge in [-0.1, -0.05) is 11.3 Å². The Labute approximate surface area is 141 Å². The van der Waals surface area contributed by atoms with E-state index in [2.05, 4.69) is 14.9 Å². The first-order valence-corrected chi connectivity index (χ1v) is 9.08. The molecule has 0 atom stereocenters. The standard InChI is InChI=1S/C15H11F2N3O2S2/c1-9-6-14(13(17)7-12(9)16)24(21,22)20-11-4-2-10(3-5-11)15-19-18-8-23-15/h2-8,20H,1H3. The molecule has 0 saturated heterocycles. The zero-order chi connectivity index (χ0) is 17.3. The Morgan fingerprint density at radius 3 is 2.42 bits per heavy atom. The van der Waals surface area contributed by atoms with Crippen LogP contribution in [0.1, 0.15) is 5.56 Å². The molecule has 3 aromatic rings. The highest BCUT2D eigenvalue weighted by molar-refractivity contribution is 7.92. The van der Waals surface area contributed by atoms with Crippen LogP contribution in [0.2, 0.25) is 0 Å². The van der Waals surface area contributed by atoms with Gasteiger partial charge < -0.3 is 0 Å².